The minimum Gasteiger partial charge on any atom is -0.325 e. The van der Waals surface area contributed by atoms with Gasteiger partial charge < -0.3 is 9.88 Å². The lowest BCUT2D eigenvalue weighted by Crippen LogP contribution is -2.14. The highest BCUT2D eigenvalue weighted by atomic mass is 32.2. The SMILES string of the molecule is C=CCn1c(SCC(=O)Nc2cc(C)cc(C)c2)nc2ccccc21. The number of thioether (sulfide) groups is 1. The van der Waals surface area contributed by atoms with Crippen LogP contribution in [-0.2, 0) is 11.3 Å². The first-order chi connectivity index (χ1) is 12.1. The highest BCUT2D eigenvalue weighted by molar-refractivity contribution is 7.99. The third-order valence-corrected chi connectivity index (χ3v) is 4.75. The molecule has 0 unspecified atom stereocenters. The van der Waals surface area contributed by atoms with E-state index in [4.69, 9.17) is 0 Å². The summed E-state index contributed by atoms with van der Waals surface area (Å²) in [5.41, 5.74) is 5.09. The van der Waals surface area contributed by atoms with Crippen LogP contribution < -0.4 is 5.32 Å². The van der Waals surface area contributed by atoms with Crippen LogP contribution in [0.2, 0.25) is 0 Å². The predicted octanol–water partition coefficient (Wildman–Crippen LogP) is 4.57. The van der Waals surface area contributed by atoms with Gasteiger partial charge in [0.15, 0.2) is 5.16 Å². The highest BCUT2D eigenvalue weighted by Crippen LogP contribution is 2.24. The van der Waals surface area contributed by atoms with E-state index in [1.807, 2.05) is 56.3 Å². The van der Waals surface area contributed by atoms with Gasteiger partial charge in [-0.25, -0.2) is 4.98 Å². The summed E-state index contributed by atoms with van der Waals surface area (Å²) in [4.78, 5) is 16.9. The second-order valence-corrected chi connectivity index (χ2v) is 6.94. The number of hydrogen-bond donors (Lipinski definition) is 1. The molecule has 0 saturated carbocycles. The van der Waals surface area contributed by atoms with Crippen molar-refractivity contribution in [2.24, 2.45) is 0 Å². The van der Waals surface area contributed by atoms with E-state index in [9.17, 15) is 4.79 Å². The minimum absolute atomic E-state index is 0.0350. The van der Waals surface area contributed by atoms with E-state index >= 15 is 0 Å². The third kappa shape index (κ3) is 4.12. The first-order valence-corrected chi connectivity index (χ1v) is 9.12. The fraction of sp³-hybridized carbons (Fsp3) is 0.200. The first kappa shape index (κ1) is 17.3. The topological polar surface area (TPSA) is 46.9 Å². The molecule has 1 aromatic heterocycles. The van der Waals surface area contributed by atoms with Gasteiger partial charge in [-0.15, -0.1) is 6.58 Å². The van der Waals surface area contributed by atoms with Gasteiger partial charge in [0.2, 0.25) is 5.91 Å². The molecule has 5 heteroatoms. The number of benzene rings is 2. The lowest BCUT2D eigenvalue weighted by atomic mass is 10.1. The van der Waals surface area contributed by atoms with Gasteiger partial charge in [0.25, 0.3) is 0 Å². The molecule has 3 rings (SSSR count). The molecule has 0 spiro atoms. The molecular weight excluding hydrogens is 330 g/mol. The lowest BCUT2D eigenvalue weighted by Gasteiger charge is -2.08. The van der Waals surface area contributed by atoms with Crippen molar-refractivity contribution < 1.29 is 4.79 Å². The molecule has 1 heterocycles. The maximum absolute atomic E-state index is 12.3. The van der Waals surface area contributed by atoms with Crippen LogP contribution in [0.5, 0.6) is 0 Å². The molecule has 0 radical (unpaired) electrons. The first-order valence-electron chi connectivity index (χ1n) is 8.14. The Morgan fingerprint density at radius 3 is 2.68 bits per heavy atom. The number of anilines is 1. The number of aromatic nitrogens is 2. The number of amides is 1. The van der Waals surface area contributed by atoms with Crippen LogP contribution in [0, 0.1) is 13.8 Å². The van der Waals surface area contributed by atoms with E-state index < -0.39 is 0 Å². The average molecular weight is 351 g/mol. The molecule has 0 bridgehead atoms. The molecule has 0 saturated heterocycles. The second-order valence-electron chi connectivity index (χ2n) is 6.00. The lowest BCUT2D eigenvalue weighted by molar-refractivity contribution is -0.113. The van der Waals surface area contributed by atoms with Gasteiger partial charge in [-0.05, 0) is 49.2 Å². The molecule has 0 fully saturated rings. The summed E-state index contributed by atoms with van der Waals surface area (Å²) in [5, 5.41) is 3.79. The molecule has 2 aromatic carbocycles. The average Bonchev–Trinajstić information content (AvgIpc) is 2.90. The number of aryl methyl sites for hydroxylation is 2. The molecule has 25 heavy (non-hydrogen) atoms. The van der Waals surface area contributed by atoms with Crippen molar-refractivity contribution >= 4 is 34.4 Å². The summed E-state index contributed by atoms with van der Waals surface area (Å²) in [7, 11) is 0. The van der Waals surface area contributed by atoms with Crippen LogP contribution >= 0.6 is 11.8 Å². The van der Waals surface area contributed by atoms with E-state index in [0.29, 0.717) is 12.3 Å². The second kappa shape index (κ2) is 7.57. The van der Waals surface area contributed by atoms with Gasteiger partial charge in [0.1, 0.15) is 0 Å². The Labute approximate surface area is 152 Å². The number of imidazole rings is 1. The Kier molecular flexibility index (Phi) is 5.24. The van der Waals surface area contributed by atoms with Crippen LogP contribution in [0.1, 0.15) is 11.1 Å². The number of fused-ring (bicyclic) bond motifs is 1. The smallest absolute Gasteiger partial charge is 0.234 e. The minimum atomic E-state index is -0.0350. The normalized spacial score (nSPS) is 10.8. The van der Waals surface area contributed by atoms with Gasteiger partial charge in [-0.1, -0.05) is 36.0 Å². The zero-order chi connectivity index (χ0) is 17.8. The molecule has 3 aromatic rings. The Balaban J connectivity index is 1.72. The summed E-state index contributed by atoms with van der Waals surface area (Å²) < 4.78 is 2.08. The van der Waals surface area contributed by atoms with Crippen LogP contribution in [0.25, 0.3) is 11.0 Å². The number of nitrogens with one attached hydrogen (secondary N) is 1. The number of nitrogens with zero attached hydrogens (tertiary/aromatic N) is 2. The molecule has 0 aliphatic rings. The molecule has 4 nitrogen and oxygen atoms in total. The fourth-order valence-electron chi connectivity index (χ4n) is 2.84. The largest absolute Gasteiger partial charge is 0.325 e. The molecule has 1 N–H and O–H groups in total. The number of rotatable bonds is 6. The van der Waals surface area contributed by atoms with E-state index in [-0.39, 0.29) is 5.91 Å². The number of carbonyl (C=O) groups is 1. The zero-order valence-electron chi connectivity index (χ0n) is 14.5. The van der Waals surface area contributed by atoms with Crippen LogP contribution in [0.15, 0.2) is 60.3 Å². The summed E-state index contributed by atoms with van der Waals surface area (Å²) >= 11 is 1.44. The van der Waals surface area contributed by atoms with Gasteiger partial charge >= 0.3 is 0 Å². The molecule has 1 amide bonds. The van der Waals surface area contributed by atoms with Crippen molar-refractivity contribution in [3.8, 4) is 0 Å². The van der Waals surface area contributed by atoms with Crippen molar-refractivity contribution in [1.82, 2.24) is 9.55 Å². The summed E-state index contributed by atoms with van der Waals surface area (Å²) in [5.74, 6) is 0.278. The number of carbonyl (C=O) groups excluding carboxylic acids is 1. The number of hydrogen-bond acceptors (Lipinski definition) is 3. The van der Waals surface area contributed by atoms with Gasteiger partial charge in [-0.3, -0.25) is 4.79 Å². The predicted molar refractivity (Wildman–Crippen MR) is 105 cm³/mol. The number of allylic oxidation sites excluding steroid dienone is 1. The summed E-state index contributed by atoms with van der Waals surface area (Å²) in [6, 6.07) is 14.0. The third-order valence-electron chi connectivity index (χ3n) is 3.77. The van der Waals surface area contributed by atoms with E-state index in [1.54, 1.807) is 0 Å². The monoisotopic (exact) mass is 351 g/mol. The van der Waals surface area contributed by atoms with Gasteiger partial charge in [-0.2, -0.15) is 0 Å². The van der Waals surface area contributed by atoms with Gasteiger partial charge in [0, 0.05) is 12.2 Å². The molecular formula is C20H21N3OS. The molecule has 0 aliphatic carbocycles. The maximum atomic E-state index is 12.3. The van der Waals surface area contributed by atoms with Crippen molar-refractivity contribution in [1.29, 1.82) is 0 Å². The molecule has 0 aliphatic heterocycles. The quantitative estimate of drug-likeness (QED) is 0.523. The van der Waals surface area contributed by atoms with E-state index in [2.05, 4.69) is 27.5 Å². The van der Waals surface area contributed by atoms with Crippen molar-refractivity contribution in [2.75, 3.05) is 11.1 Å². The van der Waals surface area contributed by atoms with Gasteiger partial charge in [0.05, 0.1) is 16.8 Å². The molecule has 128 valence electrons. The Bertz CT molecular complexity index is 910. The van der Waals surface area contributed by atoms with Crippen molar-refractivity contribution in [2.45, 2.75) is 25.5 Å². The Hall–Kier alpha value is -2.53. The highest BCUT2D eigenvalue weighted by Gasteiger charge is 2.12. The fourth-order valence-corrected chi connectivity index (χ4v) is 3.67. The summed E-state index contributed by atoms with van der Waals surface area (Å²) in [6.45, 7) is 8.53. The number of para-hydroxylation sites is 2. The zero-order valence-corrected chi connectivity index (χ0v) is 15.3. The van der Waals surface area contributed by atoms with Crippen molar-refractivity contribution in [3.63, 3.8) is 0 Å². The van der Waals surface area contributed by atoms with Crippen molar-refractivity contribution in [3.05, 3.63) is 66.2 Å². The van der Waals surface area contributed by atoms with Crippen LogP contribution in [0.3, 0.4) is 0 Å². The Morgan fingerprint density at radius 1 is 1.24 bits per heavy atom. The van der Waals surface area contributed by atoms with Crippen LogP contribution in [-0.4, -0.2) is 21.2 Å². The Morgan fingerprint density at radius 2 is 1.96 bits per heavy atom. The van der Waals surface area contributed by atoms with Crippen LogP contribution in [0.4, 0.5) is 5.69 Å². The standard InChI is InChI=1S/C20H21N3OS/c1-4-9-23-18-8-6-5-7-17(18)22-20(23)25-13-19(24)21-16-11-14(2)10-15(3)12-16/h4-8,10-12H,1,9,13H2,2-3H3,(H,21,24). The van der Waals surface area contributed by atoms with E-state index in [1.165, 1.54) is 11.8 Å². The maximum Gasteiger partial charge on any atom is 0.234 e. The summed E-state index contributed by atoms with van der Waals surface area (Å²) in [6.07, 6.45) is 1.84. The molecule has 0 atom stereocenters. The van der Waals surface area contributed by atoms with E-state index in [0.717, 1.165) is 33.0 Å².